The Morgan fingerprint density at radius 1 is 1.26 bits per heavy atom. The summed E-state index contributed by atoms with van der Waals surface area (Å²) < 4.78 is 15.8. The largest absolute Gasteiger partial charge is 0.508 e. The molecule has 1 heterocycles. The van der Waals surface area contributed by atoms with Crippen LogP contribution in [0, 0.1) is 5.92 Å². The van der Waals surface area contributed by atoms with E-state index in [9.17, 15) is 9.59 Å². The van der Waals surface area contributed by atoms with Crippen LogP contribution >= 0.6 is 0 Å². The van der Waals surface area contributed by atoms with E-state index in [1.54, 1.807) is 13.2 Å². The van der Waals surface area contributed by atoms with E-state index >= 15 is 0 Å². The highest BCUT2D eigenvalue weighted by Crippen LogP contribution is 2.37. The topological polar surface area (TPSA) is 61.8 Å². The highest BCUT2D eigenvalue weighted by Gasteiger charge is 2.41. The third-order valence-electron chi connectivity index (χ3n) is 4.32. The number of carbonyl (C=O) groups excluding carboxylic acids is 2. The lowest BCUT2D eigenvalue weighted by Gasteiger charge is -2.37. The average molecular weight is 316 g/mol. The van der Waals surface area contributed by atoms with Crippen LogP contribution in [0.5, 0.6) is 0 Å². The maximum atomic E-state index is 12.7. The van der Waals surface area contributed by atoms with Crippen molar-refractivity contribution in [3.05, 3.63) is 42.2 Å². The molecular weight excluding hydrogens is 296 g/mol. The Kier molecular flexibility index (Phi) is 4.65. The maximum Gasteiger partial charge on any atom is 0.508 e. The van der Waals surface area contributed by atoms with E-state index < -0.39 is 6.16 Å². The van der Waals surface area contributed by atoms with Crippen molar-refractivity contribution in [1.82, 2.24) is 0 Å². The van der Waals surface area contributed by atoms with Crippen LogP contribution in [0.15, 0.2) is 36.6 Å². The number of fused-ring (bicyclic) bond motifs is 1. The Morgan fingerprint density at radius 2 is 2.04 bits per heavy atom. The lowest BCUT2D eigenvalue weighted by atomic mass is 9.78. The van der Waals surface area contributed by atoms with Gasteiger partial charge in [0.25, 0.3) is 0 Å². The van der Waals surface area contributed by atoms with Gasteiger partial charge in [0.2, 0.25) is 0 Å². The summed E-state index contributed by atoms with van der Waals surface area (Å²) in [5.41, 5.74) is 1.50. The molecule has 1 saturated carbocycles. The number of benzene rings is 1. The molecule has 1 aromatic carbocycles. The van der Waals surface area contributed by atoms with Gasteiger partial charge in [-0.3, -0.25) is 4.79 Å². The summed E-state index contributed by atoms with van der Waals surface area (Å²) in [4.78, 5) is 24.1. The molecule has 3 unspecified atom stereocenters. The molecule has 0 radical (unpaired) electrons. The predicted molar refractivity (Wildman–Crippen MR) is 83.5 cm³/mol. The molecule has 1 aromatic rings. The first-order valence-corrected chi connectivity index (χ1v) is 7.97. The molecule has 1 fully saturated rings. The lowest BCUT2D eigenvalue weighted by molar-refractivity contribution is -0.127. The van der Waals surface area contributed by atoms with Crippen molar-refractivity contribution >= 4 is 17.5 Å². The number of carbonyl (C=O) groups is 2. The fourth-order valence-electron chi connectivity index (χ4n) is 3.18. The molecule has 5 nitrogen and oxygen atoms in total. The van der Waals surface area contributed by atoms with Crippen molar-refractivity contribution in [3.8, 4) is 0 Å². The zero-order valence-corrected chi connectivity index (χ0v) is 13.1. The number of rotatable bonds is 3. The molecule has 0 N–H and O–H groups in total. The smallest absolute Gasteiger partial charge is 0.496 e. The van der Waals surface area contributed by atoms with E-state index in [0.29, 0.717) is 24.8 Å². The van der Waals surface area contributed by atoms with Crippen LogP contribution in [0.1, 0.15) is 31.7 Å². The minimum Gasteiger partial charge on any atom is -0.496 e. The van der Waals surface area contributed by atoms with E-state index in [1.807, 2.05) is 30.3 Å². The van der Waals surface area contributed by atoms with Gasteiger partial charge in [-0.25, -0.2) is 4.79 Å². The molecule has 122 valence electrons. The van der Waals surface area contributed by atoms with Gasteiger partial charge in [0, 0.05) is 6.42 Å². The molecule has 0 aromatic heterocycles. The molecule has 1 aliphatic carbocycles. The summed E-state index contributed by atoms with van der Waals surface area (Å²) in [6.07, 6.45) is 2.23. The van der Waals surface area contributed by atoms with Gasteiger partial charge in [-0.05, 0) is 25.3 Å². The predicted octanol–water partition coefficient (Wildman–Crippen LogP) is 3.34. The molecule has 3 rings (SSSR count). The van der Waals surface area contributed by atoms with Gasteiger partial charge in [-0.2, -0.15) is 0 Å². The van der Waals surface area contributed by atoms with Crippen LogP contribution in [-0.2, 0) is 19.0 Å². The van der Waals surface area contributed by atoms with Gasteiger partial charge in [-0.1, -0.05) is 30.3 Å². The summed E-state index contributed by atoms with van der Waals surface area (Å²) in [6.45, 7) is 2.02. The Hall–Kier alpha value is -2.30. The minimum atomic E-state index is -0.654. The van der Waals surface area contributed by atoms with Gasteiger partial charge in [0.1, 0.15) is 12.2 Å². The molecule has 1 aliphatic heterocycles. The van der Waals surface area contributed by atoms with E-state index in [4.69, 9.17) is 14.2 Å². The molecule has 5 heteroatoms. The van der Waals surface area contributed by atoms with Crippen molar-refractivity contribution < 1.29 is 23.8 Å². The first-order valence-electron chi connectivity index (χ1n) is 7.97. The number of ether oxygens (including phenoxy) is 3. The fraction of sp³-hybridized carbons (Fsp3) is 0.444. The molecular formula is C18H20O5. The SMILES string of the molecule is CCOC(=O)OC1CCC2C(=O)C(c3ccccc3)=COC2C1. The molecule has 23 heavy (non-hydrogen) atoms. The molecule has 0 spiro atoms. The van der Waals surface area contributed by atoms with Crippen LogP contribution in [0.2, 0.25) is 0 Å². The highest BCUT2D eigenvalue weighted by molar-refractivity contribution is 6.22. The summed E-state index contributed by atoms with van der Waals surface area (Å²) >= 11 is 0. The Labute approximate surface area is 135 Å². The first kappa shape index (κ1) is 15.6. The number of hydrogen-bond acceptors (Lipinski definition) is 5. The number of hydrogen-bond donors (Lipinski definition) is 0. The third-order valence-corrected chi connectivity index (χ3v) is 4.32. The van der Waals surface area contributed by atoms with Crippen LogP contribution in [-0.4, -0.2) is 30.8 Å². The maximum absolute atomic E-state index is 12.7. The lowest BCUT2D eigenvalue weighted by Crippen LogP contribution is -2.42. The number of ketones is 1. The average Bonchev–Trinajstić information content (AvgIpc) is 2.56. The second kappa shape index (κ2) is 6.86. The monoisotopic (exact) mass is 316 g/mol. The Balaban J connectivity index is 1.67. The van der Waals surface area contributed by atoms with Gasteiger partial charge < -0.3 is 14.2 Å². The standard InChI is InChI=1S/C18H20O5/c1-2-21-18(20)23-13-8-9-14-16(10-13)22-11-15(17(14)19)12-6-4-3-5-7-12/h3-7,11,13-14,16H,2,8-10H2,1H3. The van der Waals surface area contributed by atoms with Gasteiger partial charge in [0.15, 0.2) is 5.78 Å². The van der Waals surface area contributed by atoms with Crippen molar-refractivity contribution in [1.29, 1.82) is 0 Å². The fourth-order valence-corrected chi connectivity index (χ4v) is 3.18. The number of Topliss-reactive ketones (excluding diaryl/α,β-unsaturated/α-hetero) is 1. The summed E-state index contributed by atoms with van der Waals surface area (Å²) in [6, 6.07) is 9.53. The van der Waals surface area contributed by atoms with Crippen LogP contribution in [0.3, 0.4) is 0 Å². The van der Waals surface area contributed by atoms with E-state index in [0.717, 1.165) is 5.56 Å². The quantitative estimate of drug-likeness (QED) is 0.800. The molecule has 0 amide bonds. The first-order chi connectivity index (χ1) is 11.2. The summed E-state index contributed by atoms with van der Waals surface area (Å²) in [5.74, 6) is -0.0562. The van der Waals surface area contributed by atoms with Crippen LogP contribution < -0.4 is 0 Å². The van der Waals surface area contributed by atoms with Crippen molar-refractivity contribution in [2.45, 2.75) is 38.4 Å². The van der Waals surface area contributed by atoms with Gasteiger partial charge in [-0.15, -0.1) is 0 Å². The van der Waals surface area contributed by atoms with E-state index in [2.05, 4.69) is 0 Å². The molecule has 0 bridgehead atoms. The molecule has 3 atom stereocenters. The van der Waals surface area contributed by atoms with Crippen molar-refractivity contribution in [2.75, 3.05) is 6.61 Å². The minimum absolute atomic E-state index is 0.113. The van der Waals surface area contributed by atoms with Gasteiger partial charge >= 0.3 is 6.16 Å². The molecule has 0 saturated heterocycles. The van der Waals surface area contributed by atoms with Crippen LogP contribution in [0.4, 0.5) is 4.79 Å². The molecule has 2 aliphatic rings. The van der Waals surface area contributed by atoms with Crippen molar-refractivity contribution in [3.63, 3.8) is 0 Å². The second-order valence-corrected chi connectivity index (χ2v) is 5.78. The van der Waals surface area contributed by atoms with E-state index in [-0.39, 0.29) is 30.5 Å². The Bertz CT molecular complexity index is 607. The van der Waals surface area contributed by atoms with Crippen LogP contribution in [0.25, 0.3) is 5.57 Å². The zero-order chi connectivity index (χ0) is 16.2. The van der Waals surface area contributed by atoms with Gasteiger partial charge in [0.05, 0.1) is 24.4 Å². The second-order valence-electron chi connectivity index (χ2n) is 5.78. The zero-order valence-electron chi connectivity index (χ0n) is 13.1. The highest BCUT2D eigenvalue weighted by atomic mass is 16.7. The number of allylic oxidation sites excluding steroid dienone is 1. The van der Waals surface area contributed by atoms with E-state index in [1.165, 1.54) is 0 Å². The summed E-state index contributed by atoms with van der Waals surface area (Å²) in [7, 11) is 0. The third kappa shape index (κ3) is 3.38. The summed E-state index contributed by atoms with van der Waals surface area (Å²) in [5, 5.41) is 0. The van der Waals surface area contributed by atoms with Crippen molar-refractivity contribution in [2.24, 2.45) is 5.92 Å². The normalized spacial score (nSPS) is 26.6. The Morgan fingerprint density at radius 3 is 2.78 bits per heavy atom.